The maximum absolute atomic E-state index is 10.9. The van der Waals surface area contributed by atoms with Gasteiger partial charge in [-0.25, -0.2) is 0 Å². The van der Waals surface area contributed by atoms with Gasteiger partial charge in [-0.3, -0.25) is 4.90 Å². The van der Waals surface area contributed by atoms with Crippen molar-refractivity contribution in [2.45, 2.75) is 91.0 Å². The van der Waals surface area contributed by atoms with Crippen LogP contribution in [0.4, 0.5) is 0 Å². The molecule has 0 unspecified atom stereocenters. The first-order valence-electron chi connectivity index (χ1n) is 9.56. The predicted octanol–water partition coefficient (Wildman–Crippen LogP) is -0.0199. The third-order valence-corrected chi connectivity index (χ3v) is 4.35. The number of aliphatic hydroxyl groups is 1. The third kappa shape index (κ3) is 15.9. The van der Waals surface area contributed by atoms with Gasteiger partial charge in [0.25, 0.3) is 0 Å². The second kappa shape index (κ2) is 18.2. The van der Waals surface area contributed by atoms with Gasteiger partial charge in [-0.2, -0.15) is 0 Å². The molecule has 1 N–H and O–H groups in total. The smallest absolute Gasteiger partial charge is 0.549 e. The van der Waals surface area contributed by atoms with Crippen molar-refractivity contribution in [1.82, 2.24) is 4.90 Å². The van der Waals surface area contributed by atoms with Crippen LogP contribution in [0.3, 0.4) is 0 Å². The molecule has 24 heavy (non-hydrogen) atoms. The molecule has 0 rings (SSSR count). The molecule has 0 aromatic carbocycles. The van der Waals surface area contributed by atoms with Crippen LogP contribution in [0.1, 0.15) is 85.0 Å². The summed E-state index contributed by atoms with van der Waals surface area (Å²) in [5.74, 6) is -0.609. The number of carbonyl (C=O) groups is 1. The van der Waals surface area contributed by atoms with Gasteiger partial charge in [-0.05, 0) is 25.3 Å². The molecule has 1 atom stereocenters. The van der Waals surface area contributed by atoms with Gasteiger partial charge in [0, 0.05) is 12.6 Å². The third-order valence-electron chi connectivity index (χ3n) is 4.35. The Kier molecular flexibility index (Phi) is 20.2. The van der Waals surface area contributed by atoms with Gasteiger partial charge in [0.1, 0.15) is 0 Å². The number of nitrogens with zero attached hydrogens (tertiary/aromatic N) is 1. The summed E-state index contributed by atoms with van der Waals surface area (Å²) >= 11 is 0. The maximum Gasteiger partial charge on any atom is 1.00 e. The fourth-order valence-electron chi connectivity index (χ4n) is 3.07. The van der Waals surface area contributed by atoms with E-state index in [0.29, 0.717) is 5.92 Å². The molecule has 0 amide bonds. The fraction of sp³-hybridized carbons (Fsp3) is 0.947. The molecule has 0 fully saturated rings. The van der Waals surface area contributed by atoms with Gasteiger partial charge in [-0.1, -0.05) is 72.1 Å². The van der Waals surface area contributed by atoms with Gasteiger partial charge < -0.3 is 15.0 Å². The van der Waals surface area contributed by atoms with Crippen molar-refractivity contribution in [3.05, 3.63) is 0 Å². The van der Waals surface area contributed by atoms with E-state index in [1.807, 2.05) is 4.90 Å². The number of rotatable bonds is 16. The van der Waals surface area contributed by atoms with E-state index in [2.05, 4.69) is 20.8 Å². The Morgan fingerprint density at radius 2 is 1.50 bits per heavy atom. The van der Waals surface area contributed by atoms with Crippen LogP contribution in [0.15, 0.2) is 0 Å². The largest absolute Gasteiger partial charge is 1.00 e. The van der Waals surface area contributed by atoms with Crippen LogP contribution < -0.4 is 34.7 Å². The summed E-state index contributed by atoms with van der Waals surface area (Å²) in [5, 5.41) is 20.5. The van der Waals surface area contributed by atoms with Gasteiger partial charge >= 0.3 is 29.6 Å². The zero-order valence-electron chi connectivity index (χ0n) is 16.6. The summed E-state index contributed by atoms with van der Waals surface area (Å²) < 4.78 is 0. The first-order chi connectivity index (χ1) is 11.0. The van der Waals surface area contributed by atoms with Crippen LogP contribution >= 0.6 is 0 Å². The Balaban J connectivity index is 0. The van der Waals surface area contributed by atoms with Crippen LogP contribution in [-0.4, -0.2) is 41.7 Å². The van der Waals surface area contributed by atoms with Crippen LogP contribution in [0.5, 0.6) is 0 Å². The molecule has 0 aliphatic heterocycles. The Morgan fingerprint density at radius 3 is 1.92 bits per heavy atom. The van der Waals surface area contributed by atoms with Crippen molar-refractivity contribution >= 4 is 5.97 Å². The summed E-state index contributed by atoms with van der Waals surface area (Å²) in [6.45, 7) is 7.10. The Bertz CT molecular complexity index is 288. The number of carboxylic acid groups (broad SMARTS) is 1. The minimum Gasteiger partial charge on any atom is -0.549 e. The summed E-state index contributed by atoms with van der Waals surface area (Å²) in [7, 11) is 0. The Labute approximate surface area is 171 Å². The van der Waals surface area contributed by atoms with E-state index in [1.165, 1.54) is 44.9 Å². The Morgan fingerprint density at radius 1 is 1.00 bits per heavy atom. The molecule has 0 bridgehead atoms. The summed E-state index contributed by atoms with van der Waals surface area (Å²) in [6, 6.07) is -0.0676. The zero-order chi connectivity index (χ0) is 17.5. The average Bonchev–Trinajstić information content (AvgIpc) is 2.49. The van der Waals surface area contributed by atoms with E-state index in [9.17, 15) is 15.0 Å². The minimum absolute atomic E-state index is 0. The molecule has 4 nitrogen and oxygen atoms in total. The molecule has 0 saturated heterocycles. The Hall–Kier alpha value is 0.390. The van der Waals surface area contributed by atoms with E-state index < -0.39 is 5.97 Å². The number of hydrogen-bond donors (Lipinski definition) is 1. The molecule has 0 aromatic heterocycles. The quantitative estimate of drug-likeness (QED) is 0.314. The average molecular weight is 352 g/mol. The molecule has 5 heteroatoms. The zero-order valence-corrected chi connectivity index (χ0v) is 18.6. The molecule has 0 aliphatic rings. The van der Waals surface area contributed by atoms with Crippen molar-refractivity contribution in [3.8, 4) is 0 Å². The standard InChI is InChI=1S/C19H39NO3.Na/c1-4-5-6-7-8-9-10-11-12-13-20(15-19(22)23)18(16-21)14-17(2)3;/h17-18,21H,4-16H2,1-3H3,(H,22,23);/q;+1/p-1/t18-;/m0./s1. The second-order valence-electron chi connectivity index (χ2n) is 7.14. The summed E-state index contributed by atoms with van der Waals surface area (Å²) in [6.07, 6.45) is 12.1. The number of carboxylic acids is 1. The molecule has 0 spiro atoms. The maximum atomic E-state index is 10.9. The van der Waals surface area contributed by atoms with E-state index in [4.69, 9.17) is 0 Å². The van der Waals surface area contributed by atoms with Gasteiger partial charge in [0.15, 0.2) is 0 Å². The minimum atomic E-state index is -1.05. The van der Waals surface area contributed by atoms with E-state index in [-0.39, 0.29) is 48.8 Å². The van der Waals surface area contributed by atoms with Gasteiger partial charge in [0.05, 0.1) is 12.6 Å². The number of carbonyl (C=O) groups excluding carboxylic acids is 1. The van der Waals surface area contributed by atoms with Gasteiger partial charge in [-0.15, -0.1) is 0 Å². The van der Waals surface area contributed by atoms with Gasteiger partial charge in [0.2, 0.25) is 0 Å². The van der Waals surface area contributed by atoms with Crippen LogP contribution in [-0.2, 0) is 4.79 Å². The van der Waals surface area contributed by atoms with E-state index in [1.54, 1.807) is 0 Å². The van der Waals surface area contributed by atoms with E-state index >= 15 is 0 Å². The predicted molar refractivity (Wildman–Crippen MR) is 94.1 cm³/mol. The molecular weight excluding hydrogens is 313 g/mol. The SMILES string of the molecule is CCCCCCCCCCCN(CC(=O)[O-])[C@H](CO)CC(C)C.[Na+]. The molecule has 0 aromatic rings. The molecular formula is C19H38NNaO3. The van der Waals surface area contributed by atoms with Crippen molar-refractivity contribution in [2.24, 2.45) is 5.92 Å². The van der Waals surface area contributed by atoms with E-state index in [0.717, 1.165) is 25.8 Å². The number of aliphatic carboxylic acids is 1. The topological polar surface area (TPSA) is 63.6 Å². The monoisotopic (exact) mass is 351 g/mol. The number of aliphatic hydroxyl groups excluding tert-OH is 1. The van der Waals surface area contributed by atoms with Crippen molar-refractivity contribution < 1.29 is 44.6 Å². The summed E-state index contributed by atoms with van der Waals surface area (Å²) in [4.78, 5) is 12.8. The fourth-order valence-corrected chi connectivity index (χ4v) is 3.07. The number of hydrogen-bond acceptors (Lipinski definition) is 4. The van der Waals surface area contributed by atoms with Crippen molar-refractivity contribution in [2.75, 3.05) is 19.7 Å². The summed E-state index contributed by atoms with van der Waals surface area (Å²) in [5.41, 5.74) is 0. The molecule has 0 saturated carbocycles. The van der Waals surface area contributed by atoms with Crippen LogP contribution in [0, 0.1) is 5.92 Å². The first-order valence-corrected chi connectivity index (χ1v) is 9.56. The molecule has 0 heterocycles. The van der Waals surface area contributed by atoms with Crippen molar-refractivity contribution in [1.29, 1.82) is 0 Å². The molecule has 0 radical (unpaired) electrons. The van der Waals surface area contributed by atoms with Crippen LogP contribution in [0.2, 0.25) is 0 Å². The second-order valence-corrected chi connectivity index (χ2v) is 7.14. The van der Waals surface area contributed by atoms with Crippen LogP contribution in [0.25, 0.3) is 0 Å². The normalized spacial score (nSPS) is 12.4. The molecule has 138 valence electrons. The number of unbranched alkanes of at least 4 members (excludes halogenated alkanes) is 8. The first kappa shape index (κ1) is 26.6. The molecule has 0 aliphatic carbocycles. The van der Waals surface area contributed by atoms with Crippen molar-refractivity contribution in [3.63, 3.8) is 0 Å².